The lowest BCUT2D eigenvalue weighted by atomic mass is 10.1. The van der Waals surface area contributed by atoms with Crippen LogP contribution < -0.4 is 4.72 Å². The van der Waals surface area contributed by atoms with Crippen LogP contribution >= 0.6 is 0 Å². The zero-order chi connectivity index (χ0) is 18.6. The molecule has 0 aliphatic carbocycles. The van der Waals surface area contributed by atoms with E-state index >= 15 is 0 Å². The molecular weight excluding hydrogens is 353 g/mol. The average Bonchev–Trinajstić information content (AvgIpc) is 2.61. The maximum Gasteiger partial charge on any atom is 0.339 e. The molecule has 0 fully saturated rings. The van der Waals surface area contributed by atoms with Crippen LogP contribution in [0.2, 0.25) is 0 Å². The van der Waals surface area contributed by atoms with Crippen molar-refractivity contribution in [2.24, 2.45) is 0 Å². The predicted octanol–water partition coefficient (Wildman–Crippen LogP) is 2.20. The highest BCUT2D eigenvalue weighted by atomic mass is 32.2. The van der Waals surface area contributed by atoms with Gasteiger partial charge in [0, 0.05) is 0 Å². The minimum atomic E-state index is -4.38. The second-order valence-corrected chi connectivity index (χ2v) is 6.43. The summed E-state index contributed by atoms with van der Waals surface area (Å²) in [5.74, 6) is -2.51. The molecule has 0 radical (unpaired) electrons. The fraction of sp³-hybridized carbons (Fsp3) is 0.125. The van der Waals surface area contributed by atoms with E-state index in [9.17, 15) is 22.4 Å². The number of anilines is 1. The summed E-state index contributed by atoms with van der Waals surface area (Å²) >= 11 is 0. The van der Waals surface area contributed by atoms with Gasteiger partial charge in [0.05, 0.1) is 31.0 Å². The van der Waals surface area contributed by atoms with E-state index < -0.39 is 32.7 Å². The maximum absolute atomic E-state index is 13.7. The highest BCUT2D eigenvalue weighted by molar-refractivity contribution is 7.92. The minimum Gasteiger partial charge on any atom is -0.465 e. The number of hydrogen-bond acceptors (Lipinski definition) is 6. The lowest BCUT2D eigenvalue weighted by Gasteiger charge is -2.13. The summed E-state index contributed by atoms with van der Waals surface area (Å²) in [6.45, 7) is 0. The summed E-state index contributed by atoms with van der Waals surface area (Å²) in [5.41, 5.74) is -0.704. The first-order chi connectivity index (χ1) is 11.8. The number of sulfonamides is 1. The van der Waals surface area contributed by atoms with Crippen LogP contribution in [0.1, 0.15) is 20.7 Å². The lowest BCUT2D eigenvalue weighted by Crippen LogP contribution is -2.19. The Hall–Kier alpha value is -2.94. The molecule has 0 heterocycles. The number of ether oxygens (including phenoxy) is 2. The van der Waals surface area contributed by atoms with Gasteiger partial charge in [0.1, 0.15) is 10.7 Å². The van der Waals surface area contributed by atoms with Crippen LogP contribution in [0.5, 0.6) is 0 Å². The van der Waals surface area contributed by atoms with Gasteiger partial charge in [-0.15, -0.1) is 0 Å². The van der Waals surface area contributed by atoms with E-state index in [1.165, 1.54) is 24.3 Å². The zero-order valence-electron chi connectivity index (χ0n) is 13.3. The molecule has 0 unspecified atom stereocenters. The summed E-state index contributed by atoms with van der Waals surface area (Å²) in [4.78, 5) is 23.0. The topological polar surface area (TPSA) is 98.8 Å². The Bertz CT molecular complexity index is 926. The van der Waals surface area contributed by atoms with Gasteiger partial charge in [-0.3, -0.25) is 4.72 Å². The molecule has 132 valence electrons. The van der Waals surface area contributed by atoms with E-state index in [2.05, 4.69) is 9.47 Å². The van der Waals surface area contributed by atoms with Crippen molar-refractivity contribution in [3.63, 3.8) is 0 Å². The second-order valence-electron chi connectivity index (χ2n) is 4.78. The van der Waals surface area contributed by atoms with Gasteiger partial charge in [-0.2, -0.15) is 0 Å². The zero-order valence-corrected chi connectivity index (χ0v) is 14.1. The number of carbonyl (C=O) groups is 2. The molecule has 0 aromatic heterocycles. The third kappa shape index (κ3) is 3.94. The molecule has 2 aromatic rings. The van der Waals surface area contributed by atoms with Crippen LogP contribution in [-0.2, 0) is 19.5 Å². The summed E-state index contributed by atoms with van der Waals surface area (Å²) in [6, 6.07) is 8.42. The Labute approximate surface area is 143 Å². The monoisotopic (exact) mass is 367 g/mol. The smallest absolute Gasteiger partial charge is 0.339 e. The van der Waals surface area contributed by atoms with Gasteiger partial charge in [0.15, 0.2) is 0 Å². The van der Waals surface area contributed by atoms with E-state index in [4.69, 9.17) is 0 Å². The van der Waals surface area contributed by atoms with Crippen molar-refractivity contribution in [1.29, 1.82) is 0 Å². The van der Waals surface area contributed by atoms with Crippen LogP contribution in [0.25, 0.3) is 0 Å². The molecule has 0 atom stereocenters. The highest BCUT2D eigenvalue weighted by Crippen LogP contribution is 2.24. The normalized spacial score (nSPS) is 10.8. The number of esters is 2. The lowest BCUT2D eigenvalue weighted by molar-refractivity contribution is 0.0583. The van der Waals surface area contributed by atoms with Gasteiger partial charge in [-0.25, -0.2) is 22.4 Å². The van der Waals surface area contributed by atoms with Crippen molar-refractivity contribution in [2.75, 3.05) is 18.9 Å². The molecule has 7 nitrogen and oxygen atoms in total. The van der Waals surface area contributed by atoms with E-state index in [1.807, 2.05) is 4.72 Å². The van der Waals surface area contributed by atoms with Crippen LogP contribution in [-0.4, -0.2) is 34.6 Å². The first-order valence-corrected chi connectivity index (χ1v) is 8.36. The molecule has 1 N–H and O–H groups in total. The molecule has 0 amide bonds. The molecule has 0 bridgehead atoms. The number of para-hydroxylation sites is 1. The minimum absolute atomic E-state index is 0.0935. The van der Waals surface area contributed by atoms with Crippen molar-refractivity contribution < 1.29 is 31.9 Å². The summed E-state index contributed by atoms with van der Waals surface area (Å²) < 4.78 is 50.1. The first-order valence-electron chi connectivity index (χ1n) is 6.88. The number of carbonyl (C=O) groups excluding carboxylic acids is 2. The number of hydrogen-bond donors (Lipinski definition) is 1. The summed E-state index contributed by atoms with van der Waals surface area (Å²) in [5, 5.41) is 0. The van der Waals surface area contributed by atoms with Crippen molar-refractivity contribution in [3.05, 3.63) is 59.4 Å². The molecule has 2 rings (SSSR count). The number of methoxy groups -OCH3 is 2. The average molecular weight is 367 g/mol. The Morgan fingerprint density at radius 3 is 2.24 bits per heavy atom. The quantitative estimate of drug-likeness (QED) is 0.814. The van der Waals surface area contributed by atoms with Gasteiger partial charge >= 0.3 is 11.9 Å². The fourth-order valence-corrected chi connectivity index (χ4v) is 3.30. The Balaban J connectivity index is 2.58. The summed E-state index contributed by atoms with van der Waals surface area (Å²) in [7, 11) is -2.18. The molecule has 0 aliphatic rings. The Morgan fingerprint density at radius 2 is 1.64 bits per heavy atom. The molecule has 0 aliphatic heterocycles. The Morgan fingerprint density at radius 1 is 1.00 bits per heavy atom. The number of benzene rings is 2. The van der Waals surface area contributed by atoms with E-state index in [0.29, 0.717) is 0 Å². The maximum atomic E-state index is 13.7. The number of nitrogens with one attached hydrogen (secondary N) is 1. The molecule has 0 saturated carbocycles. The van der Waals surface area contributed by atoms with Crippen molar-refractivity contribution in [3.8, 4) is 0 Å². The number of halogens is 1. The van der Waals surface area contributed by atoms with E-state index in [1.54, 1.807) is 0 Å². The summed E-state index contributed by atoms with van der Waals surface area (Å²) in [6.07, 6.45) is 0. The van der Waals surface area contributed by atoms with Crippen LogP contribution in [0.4, 0.5) is 10.1 Å². The second kappa shape index (κ2) is 7.31. The van der Waals surface area contributed by atoms with E-state index in [-0.39, 0.29) is 16.8 Å². The molecule has 9 heteroatoms. The third-order valence-electron chi connectivity index (χ3n) is 3.22. The van der Waals surface area contributed by atoms with Crippen molar-refractivity contribution in [1.82, 2.24) is 0 Å². The first kappa shape index (κ1) is 18.4. The van der Waals surface area contributed by atoms with E-state index in [0.717, 1.165) is 32.4 Å². The van der Waals surface area contributed by atoms with Gasteiger partial charge in [0.2, 0.25) is 0 Å². The predicted molar refractivity (Wildman–Crippen MR) is 86.3 cm³/mol. The van der Waals surface area contributed by atoms with Gasteiger partial charge < -0.3 is 9.47 Å². The fourth-order valence-electron chi connectivity index (χ4n) is 2.01. The van der Waals surface area contributed by atoms with Gasteiger partial charge in [-0.1, -0.05) is 12.1 Å². The third-order valence-corrected chi connectivity index (χ3v) is 4.62. The van der Waals surface area contributed by atoms with Crippen molar-refractivity contribution >= 4 is 27.6 Å². The SMILES string of the molecule is COC(=O)c1ccc(C(=O)OC)c(S(=O)(=O)Nc2ccccc2F)c1. The number of rotatable bonds is 5. The largest absolute Gasteiger partial charge is 0.465 e. The van der Waals surface area contributed by atoms with Crippen LogP contribution in [0.15, 0.2) is 47.4 Å². The molecule has 25 heavy (non-hydrogen) atoms. The molecular formula is C16H14FNO6S. The molecule has 0 saturated heterocycles. The van der Waals surface area contributed by atoms with Crippen LogP contribution in [0, 0.1) is 5.82 Å². The Kier molecular flexibility index (Phi) is 5.38. The van der Waals surface area contributed by atoms with Gasteiger partial charge in [-0.05, 0) is 30.3 Å². The highest BCUT2D eigenvalue weighted by Gasteiger charge is 2.26. The van der Waals surface area contributed by atoms with Gasteiger partial charge in [0.25, 0.3) is 10.0 Å². The van der Waals surface area contributed by atoms with Crippen molar-refractivity contribution in [2.45, 2.75) is 4.90 Å². The molecule has 0 spiro atoms. The molecule has 2 aromatic carbocycles. The van der Waals surface area contributed by atoms with Crippen LogP contribution in [0.3, 0.4) is 0 Å². The standard InChI is InChI=1S/C16H14FNO6S/c1-23-15(19)10-7-8-11(16(20)24-2)14(9-10)25(21,22)18-13-6-4-3-5-12(13)17/h3-9,18H,1-2H3.